The van der Waals surface area contributed by atoms with Crippen LogP contribution in [0.3, 0.4) is 0 Å². The van der Waals surface area contributed by atoms with Gasteiger partial charge in [0.05, 0.1) is 11.1 Å². The molecule has 0 aliphatic heterocycles. The third kappa shape index (κ3) is 4.02. The van der Waals surface area contributed by atoms with E-state index in [0.29, 0.717) is 0 Å². The molecular formula is C49H33NO2. The first kappa shape index (κ1) is 29.2. The molecule has 1 aliphatic carbocycles. The van der Waals surface area contributed by atoms with E-state index in [1.165, 1.54) is 22.3 Å². The standard InChI is InChI=1S/C49H33NO2/c1-49(2)40-22-10-8-18-34(40)35-27-26-32(29-41(35)49)50(31-15-4-3-5-16-31)42-23-13-25-44-46(42)39-28-30-14-6-7-17-33(30)45(48(39)52-44)38-21-12-20-37-36-19-9-11-24-43(36)51-47(37)38/h3-29H,1-2H3. The van der Waals surface area contributed by atoms with E-state index in [4.69, 9.17) is 8.83 Å². The molecule has 2 aromatic heterocycles. The highest BCUT2D eigenvalue weighted by molar-refractivity contribution is 6.24. The summed E-state index contributed by atoms with van der Waals surface area (Å²) in [6.45, 7) is 4.68. The van der Waals surface area contributed by atoms with Crippen molar-refractivity contribution in [2.24, 2.45) is 0 Å². The summed E-state index contributed by atoms with van der Waals surface area (Å²) in [7, 11) is 0. The van der Waals surface area contributed by atoms with Crippen LogP contribution in [0.4, 0.5) is 17.1 Å². The molecule has 1 aliphatic rings. The van der Waals surface area contributed by atoms with Crippen LogP contribution >= 0.6 is 0 Å². The highest BCUT2D eigenvalue weighted by Crippen LogP contribution is 2.52. The molecule has 0 fully saturated rings. The first-order valence-corrected chi connectivity index (χ1v) is 17.9. The fraction of sp³-hybridized carbons (Fsp3) is 0.0612. The van der Waals surface area contributed by atoms with Crippen LogP contribution in [0.1, 0.15) is 25.0 Å². The van der Waals surface area contributed by atoms with Crippen molar-refractivity contribution < 1.29 is 8.83 Å². The minimum absolute atomic E-state index is 0.121. The molecule has 0 amide bonds. The number of benzene rings is 8. The number of hydrogen-bond acceptors (Lipinski definition) is 3. The SMILES string of the molecule is CC1(C)c2ccccc2-c2ccc(N(c3ccccc3)c3cccc4oc5c(-c6cccc7c6oc6ccccc67)c6ccccc6cc5c34)cc21. The maximum absolute atomic E-state index is 7.01. The van der Waals surface area contributed by atoms with Gasteiger partial charge >= 0.3 is 0 Å². The van der Waals surface area contributed by atoms with E-state index in [9.17, 15) is 0 Å². The maximum Gasteiger partial charge on any atom is 0.144 e. The lowest BCUT2D eigenvalue weighted by atomic mass is 9.82. The monoisotopic (exact) mass is 667 g/mol. The molecule has 8 aromatic carbocycles. The molecule has 3 nitrogen and oxygen atoms in total. The Hall–Kier alpha value is -6.58. The summed E-state index contributed by atoms with van der Waals surface area (Å²) in [4.78, 5) is 2.39. The van der Waals surface area contributed by atoms with Gasteiger partial charge in [0.1, 0.15) is 22.3 Å². The van der Waals surface area contributed by atoms with Gasteiger partial charge in [-0.25, -0.2) is 0 Å². The van der Waals surface area contributed by atoms with Gasteiger partial charge < -0.3 is 13.7 Å². The van der Waals surface area contributed by atoms with Crippen LogP contribution in [0.25, 0.3) is 76.9 Å². The quantitative estimate of drug-likeness (QED) is 0.187. The van der Waals surface area contributed by atoms with E-state index in [-0.39, 0.29) is 5.41 Å². The van der Waals surface area contributed by atoms with Crippen molar-refractivity contribution in [1.82, 2.24) is 0 Å². The Kier molecular flexibility index (Phi) is 6.01. The van der Waals surface area contributed by atoms with Crippen LogP contribution in [-0.4, -0.2) is 0 Å². The minimum Gasteiger partial charge on any atom is -0.455 e. The van der Waals surface area contributed by atoms with Gasteiger partial charge in [-0.3, -0.25) is 0 Å². The number of para-hydroxylation sites is 3. The topological polar surface area (TPSA) is 29.5 Å². The molecule has 0 radical (unpaired) electrons. The first-order valence-electron chi connectivity index (χ1n) is 17.9. The molecule has 246 valence electrons. The van der Waals surface area contributed by atoms with Gasteiger partial charge in [-0.05, 0) is 81.6 Å². The number of hydrogen-bond donors (Lipinski definition) is 0. The summed E-state index contributed by atoms with van der Waals surface area (Å²) in [6, 6.07) is 58.6. The van der Waals surface area contributed by atoms with Crippen molar-refractivity contribution >= 4 is 71.7 Å². The minimum atomic E-state index is -0.121. The number of furan rings is 2. The Morgan fingerprint density at radius 3 is 2.02 bits per heavy atom. The van der Waals surface area contributed by atoms with E-state index in [1.54, 1.807) is 0 Å². The summed E-state index contributed by atoms with van der Waals surface area (Å²) in [5.74, 6) is 0. The van der Waals surface area contributed by atoms with E-state index in [2.05, 4.69) is 170 Å². The summed E-state index contributed by atoms with van der Waals surface area (Å²) >= 11 is 0. The third-order valence-corrected chi connectivity index (χ3v) is 11.2. The second-order valence-corrected chi connectivity index (χ2v) is 14.5. The van der Waals surface area contributed by atoms with Crippen LogP contribution in [0.5, 0.6) is 0 Å². The average Bonchev–Trinajstić information content (AvgIpc) is 3.83. The normalized spacial score (nSPS) is 13.3. The molecule has 0 atom stereocenters. The lowest BCUT2D eigenvalue weighted by Crippen LogP contribution is -2.16. The predicted molar refractivity (Wildman–Crippen MR) is 216 cm³/mol. The second kappa shape index (κ2) is 10.7. The fourth-order valence-corrected chi connectivity index (χ4v) is 8.84. The van der Waals surface area contributed by atoms with E-state index < -0.39 is 0 Å². The smallest absolute Gasteiger partial charge is 0.144 e. The zero-order valence-electron chi connectivity index (χ0n) is 28.9. The molecule has 0 saturated carbocycles. The second-order valence-electron chi connectivity index (χ2n) is 14.5. The highest BCUT2D eigenvalue weighted by Gasteiger charge is 2.36. The average molecular weight is 668 g/mol. The van der Waals surface area contributed by atoms with Crippen molar-refractivity contribution in [2.45, 2.75) is 19.3 Å². The van der Waals surface area contributed by atoms with Gasteiger partial charge in [-0.15, -0.1) is 0 Å². The van der Waals surface area contributed by atoms with Gasteiger partial charge in [0.15, 0.2) is 0 Å². The van der Waals surface area contributed by atoms with Gasteiger partial charge in [0.2, 0.25) is 0 Å². The van der Waals surface area contributed by atoms with Gasteiger partial charge in [-0.2, -0.15) is 0 Å². The Morgan fingerprint density at radius 2 is 1.12 bits per heavy atom. The van der Waals surface area contributed by atoms with E-state index >= 15 is 0 Å². The molecule has 0 spiro atoms. The Morgan fingerprint density at radius 1 is 0.442 bits per heavy atom. The van der Waals surface area contributed by atoms with Crippen molar-refractivity contribution in [1.29, 1.82) is 0 Å². The van der Waals surface area contributed by atoms with Gasteiger partial charge in [0.25, 0.3) is 0 Å². The summed E-state index contributed by atoms with van der Waals surface area (Å²) < 4.78 is 13.6. The molecule has 10 aromatic rings. The largest absolute Gasteiger partial charge is 0.455 e. The molecule has 0 unspecified atom stereocenters. The molecule has 3 heteroatoms. The van der Waals surface area contributed by atoms with Crippen LogP contribution in [0.2, 0.25) is 0 Å². The van der Waals surface area contributed by atoms with Crippen LogP contribution in [0.15, 0.2) is 173 Å². The van der Waals surface area contributed by atoms with Crippen LogP contribution in [0, 0.1) is 0 Å². The summed E-state index contributed by atoms with van der Waals surface area (Å²) in [5.41, 5.74) is 14.0. The molecule has 0 saturated heterocycles. The van der Waals surface area contributed by atoms with Crippen molar-refractivity contribution in [3.63, 3.8) is 0 Å². The number of rotatable bonds is 4. The van der Waals surface area contributed by atoms with Crippen LogP contribution < -0.4 is 4.90 Å². The van der Waals surface area contributed by atoms with E-state index in [0.717, 1.165) is 82.8 Å². The zero-order valence-corrected chi connectivity index (χ0v) is 28.9. The summed E-state index contributed by atoms with van der Waals surface area (Å²) in [6.07, 6.45) is 0. The van der Waals surface area contributed by atoms with E-state index in [1.807, 2.05) is 12.1 Å². The molecule has 11 rings (SSSR count). The van der Waals surface area contributed by atoms with Gasteiger partial charge in [0, 0.05) is 44.1 Å². The molecule has 0 N–H and O–H groups in total. The van der Waals surface area contributed by atoms with Crippen molar-refractivity contribution in [3.05, 3.63) is 175 Å². The molecule has 52 heavy (non-hydrogen) atoms. The summed E-state index contributed by atoms with van der Waals surface area (Å²) in [5, 5.41) is 6.64. The van der Waals surface area contributed by atoms with Crippen molar-refractivity contribution in [3.8, 4) is 22.3 Å². The number of anilines is 3. The lowest BCUT2D eigenvalue weighted by molar-refractivity contribution is 0.660. The Labute approximate surface area is 301 Å². The number of fused-ring (bicyclic) bond motifs is 10. The first-order chi connectivity index (χ1) is 25.6. The molecule has 2 heterocycles. The maximum atomic E-state index is 7.01. The Bertz CT molecular complexity index is 3050. The van der Waals surface area contributed by atoms with Gasteiger partial charge in [-0.1, -0.05) is 129 Å². The molecule has 0 bridgehead atoms. The highest BCUT2D eigenvalue weighted by atomic mass is 16.3. The Balaban J connectivity index is 1.21. The fourth-order valence-electron chi connectivity index (χ4n) is 8.84. The van der Waals surface area contributed by atoms with Crippen LogP contribution in [-0.2, 0) is 5.41 Å². The third-order valence-electron chi connectivity index (χ3n) is 11.2. The predicted octanol–water partition coefficient (Wildman–Crippen LogP) is 14.1. The molecular weight excluding hydrogens is 635 g/mol. The van der Waals surface area contributed by atoms with Crippen molar-refractivity contribution in [2.75, 3.05) is 4.90 Å². The lowest BCUT2D eigenvalue weighted by Gasteiger charge is -2.28. The number of nitrogens with zero attached hydrogens (tertiary/aromatic N) is 1. The zero-order chi connectivity index (χ0) is 34.6.